The van der Waals surface area contributed by atoms with Crippen LogP contribution in [0.5, 0.6) is 0 Å². The van der Waals surface area contributed by atoms with Gasteiger partial charge in [0.1, 0.15) is 0 Å². The molecule has 0 spiro atoms. The molecule has 1 fully saturated rings. The van der Waals surface area contributed by atoms with Crippen LogP contribution in [0.25, 0.3) is 11.8 Å². The zero-order chi connectivity index (χ0) is 25.9. The number of benzene rings is 3. The Hall–Kier alpha value is -4.29. The molecule has 184 valence electrons. The highest BCUT2D eigenvalue weighted by atomic mass is 32.2. The summed E-state index contributed by atoms with van der Waals surface area (Å²) in [6.07, 6.45) is 1.50. The van der Waals surface area contributed by atoms with Gasteiger partial charge in [-0.25, -0.2) is 0 Å². The molecule has 5 rings (SSSR count). The van der Waals surface area contributed by atoms with Gasteiger partial charge in [0.15, 0.2) is 0 Å². The first-order valence-corrected chi connectivity index (χ1v) is 12.6. The van der Waals surface area contributed by atoms with Gasteiger partial charge in [-0.1, -0.05) is 54.1 Å². The Morgan fingerprint density at radius 1 is 1.05 bits per heavy atom. The normalized spacial score (nSPS) is 14.5. The summed E-state index contributed by atoms with van der Waals surface area (Å²) in [6.45, 7) is 2.12. The molecule has 0 bridgehead atoms. The van der Waals surface area contributed by atoms with E-state index in [9.17, 15) is 19.7 Å². The number of carbonyl (C=O) groups is 2. The lowest BCUT2D eigenvalue weighted by atomic mass is 10.1. The average molecular weight is 531 g/mol. The molecule has 0 atom stereocenters. The smallest absolute Gasteiger partial charge is 0.268 e. The highest BCUT2D eigenvalue weighted by Crippen LogP contribution is 2.37. The number of nitrogens with zero attached hydrogens (tertiary/aromatic N) is 6. The van der Waals surface area contributed by atoms with Gasteiger partial charge < -0.3 is 0 Å². The van der Waals surface area contributed by atoms with E-state index in [1.54, 1.807) is 12.1 Å². The van der Waals surface area contributed by atoms with Gasteiger partial charge in [0.2, 0.25) is 5.16 Å². The Morgan fingerprint density at radius 2 is 1.81 bits per heavy atom. The summed E-state index contributed by atoms with van der Waals surface area (Å²) in [5.74, 6) is -0.432. The van der Waals surface area contributed by atoms with Crippen LogP contribution in [0.2, 0.25) is 0 Å². The summed E-state index contributed by atoms with van der Waals surface area (Å²) in [5, 5.41) is 23.5. The molecule has 0 saturated carbocycles. The Bertz CT molecular complexity index is 1540. The number of para-hydroxylation sites is 1. The van der Waals surface area contributed by atoms with Crippen molar-refractivity contribution in [3.63, 3.8) is 0 Å². The molecule has 1 aromatic heterocycles. The van der Waals surface area contributed by atoms with Crippen LogP contribution in [0, 0.1) is 17.0 Å². The summed E-state index contributed by atoms with van der Waals surface area (Å²) in [4.78, 5) is 38.5. The Balaban J connectivity index is 1.39. The van der Waals surface area contributed by atoms with Crippen molar-refractivity contribution in [2.75, 3.05) is 0 Å². The summed E-state index contributed by atoms with van der Waals surface area (Å²) < 4.78 is 1.49. The first-order chi connectivity index (χ1) is 17.9. The van der Waals surface area contributed by atoms with Gasteiger partial charge in [0.05, 0.1) is 27.0 Å². The lowest BCUT2D eigenvalue weighted by Crippen LogP contribution is -2.27. The second-order valence-electron chi connectivity index (χ2n) is 8.05. The Labute approximate surface area is 219 Å². The summed E-state index contributed by atoms with van der Waals surface area (Å²) in [5.41, 5.74) is 2.90. The van der Waals surface area contributed by atoms with Crippen molar-refractivity contribution in [3.8, 4) is 5.69 Å². The van der Waals surface area contributed by atoms with Gasteiger partial charge in [0.25, 0.3) is 16.8 Å². The molecule has 0 N–H and O–H groups in total. The number of hydrogen-bond donors (Lipinski definition) is 0. The van der Waals surface area contributed by atoms with Gasteiger partial charge >= 0.3 is 0 Å². The van der Waals surface area contributed by atoms with Gasteiger partial charge in [-0.2, -0.15) is 4.68 Å². The van der Waals surface area contributed by atoms with Crippen LogP contribution in [-0.2, 0) is 11.3 Å². The number of aromatic nitrogens is 4. The molecule has 2 amide bonds. The zero-order valence-corrected chi connectivity index (χ0v) is 21.0. The summed E-state index contributed by atoms with van der Waals surface area (Å²) in [6, 6.07) is 21.4. The van der Waals surface area contributed by atoms with Crippen LogP contribution < -0.4 is 0 Å². The number of tetrazole rings is 1. The number of imide groups is 1. The van der Waals surface area contributed by atoms with E-state index in [1.807, 2.05) is 61.5 Å². The lowest BCUT2D eigenvalue weighted by Gasteiger charge is -2.12. The van der Waals surface area contributed by atoms with Crippen molar-refractivity contribution in [2.45, 2.75) is 23.5 Å². The molecule has 4 aromatic rings. The molecular weight excluding hydrogens is 512 g/mol. The number of nitro benzene ring substituents is 1. The zero-order valence-electron chi connectivity index (χ0n) is 19.3. The van der Waals surface area contributed by atoms with E-state index in [0.29, 0.717) is 15.6 Å². The van der Waals surface area contributed by atoms with E-state index >= 15 is 0 Å². The summed E-state index contributed by atoms with van der Waals surface area (Å²) in [7, 11) is 0. The van der Waals surface area contributed by atoms with Crippen LogP contribution in [0.1, 0.15) is 16.7 Å². The minimum Gasteiger partial charge on any atom is -0.268 e. The standard InChI is InChI=1S/C25H18N6O4S2/c1-16-7-9-17(10-8-16)15-29-23(32)22(37-25(29)33)14-18-11-12-21(20(13-18)31(34)35)36-24-26-27-28-30(24)19-5-3-2-4-6-19/h2-14H,15H2,1H3/b22-14-. The maximum Gasteiger partial charge on any atom is 0.293 e. The molecule has 2 heterocycles. The van der Waals surface area contributed by atoms with E-state index < -0.39 is 10.8 Å². The predicted octanol–water partition coefficient (Wildman–Crippen LogP) is 5.27. The van der Waals surface area contributed by atoms with Crippen molar-refractivity contribution < 1.29 is 14.5 Å². The first-order valence-electron chi connectivity index (χ1n) is 11.0. The summed E-state index contributed by atoms with van der Waals surface area (Å²) >= 11 is 1.87. The SMILES string of the molecule is Cc1ccc(CN2C(=O)S/C(=C\c3ccc(Sc4nnnn4-c4ccccc4)c([N+](=O)[O-])c3)C2=O)cc1. The second kappa shape index (κ2) is 10.4. The largest absolute Gasteiger partial charge is 0.293 e. The maximum atomic E-state index is 12.9. The van der Waals surface area contributed by atoms with Crippen LogP contribution in [0.3, 0.4) is 0 Å². The van der Waals surface area contributed by atoms with Gasteiger partial charge in [-0.3, -0.25) is 24.6 Å². The van der Waals surface area contributed by atoms with E-state index in [0.717, 1.165) is 40.3 Å². The second-order valence-corrected chi connectivity index (χ2v) is 10.1. The molecule has 12 heteroatoms. The monoisotopic (exact) mass is 530 g/mol. The lowest BCUT2D eigenvalue weighted by molar-refractivity contribution is -0.387. The van der Waals surface area contributed by atoms with E-state index in [4.69, 9.17) is 0 Å². The fourth-order valence-corrected chi connectivity index (χ4v) is 5.30. The third-order valence-corrected chi connectivity index (χ3v) is 7.36. The number of carbonyl (C=O) groups excluding carboxylic acids is 2. The van der Waals surface area contributed by atoms with E-state index in [2.05, 4.69) is 15.5 Å². The van der Waals surface area contributed by atoms with Crippen molar-refractivity contribution in [1.82, 2.24) is 25.1 Å². The van der Waals surface area contributed by atoms with Gasteiger partial charge in [0, 0.05) is 6.07 Å². The Kier molecular flexibility index (Phi) is 6.84. The maximum absolute atomic E-state index is 12.9. The molecule has 0 unspecified atom stereocenters. The van der Waals surface area contributed by atoms with Crippen molar-refractivity contribution >= 4 is 46.4 Å². The third kappa shape index (κ3) is 5.29. The minimum atomic E-state index is -0.501. The number of rotatable bonds is 7. The van der Waals surface area contributed by atoms with Crippen molar-refractivity contribution in [3.05, 3.63) is 105 Å². The highest BCUT2D eigenvalue weighted by molar-refractivity contribution is 8.18. The van der Waals surface area contributed by atoms with Crippen LogP contribution in [-0.4, -0.2) is 41.2 Å². The quantitative estimate of drug-likeness (QED) is 0.179. The number of aryl methyl sites for hydroxylation is 1. The molecular formula is C25H18N6O4S2. The average Bonchev–Trinajstić information content (AvgIpc) is 3.46. The van der Waals surface area contributed by atoms with E-state index in [1.165, 1.54) is 21.7 Å². The number of nitro groups is 1. The fraction of sp³-hybridized carbons (Fsp3) is 0.0800. The molecule has 0 aliphatic carbocycles. The van der Waals surface area contributed by atoms with Crippen LogP contribution in [0.4, 0.5) is 10.5 Å². The van der Waals surface area contributed by atoms with Crippen LogP contribution in [0.15, 0.2) is 87.8 Å². The topological polar surface area (TPSA) is 124 Å². The van der Waals surface area contributed by atoms with Crippen LogP contribution >= 0.6 is 23.5 Å². The Morgan fingerprint density at radius 3 is 2.54 bits per heavy atom. The molecule has 1 aliphatic heterocycles. The minimum absolute atomic E-state index is 0.161. The first kappa shape index (κ1) is 24.4. The van der Waals surface area contributed by atoms with Gasteiger partial charge in [-0.15, -0.1) is 5.10 Å². The molecule has 10 nitrogen and oxygen atoms in total. The fourth-order valence-electron chi connectivity index (χ4n) is 3.59. The number of thioether (sulfide) groups is 1. The predicted molar refractivity (Wildman–Crippen MR) is 139 cm³/mol. The third-order valence-electron chi connectivity index (χ3n) is 5.46. The highest BCUT2D eigenvalue weighted by Gasteiger charge is 2.35. The molecule has 0 radical (unpaired) electrons. The van der Waals surface area contributed by atoms with Crippen molar-refractivity contribution in [2.24, 2.45) is 0 Å². The van der Waals surface area contributed by atoms with Gasteiger partial charge in [-0.05, 0) is 76.3 Å². The molecule has 1 saturated heterocycles. The van der Waals surface area contributed by atoms with Crippen molar-refractivity contribution in [1.29, 1.82) is 0 Å². The number of hydrogen-bond acceptors (Lipinski definition) is 9. The molecule has 3 aromatic carbocycles. The number of amides is 2. The molecule has 37 heavy (non-hydrogen) atoms. The van der Waals surface area contributed by atoms with E-state index in [-0.39, 0.29) is 22.4 Å². The molecule has 1 aliphatic rings.